The minimum Gasteiger partial charge on any atom is -0.443 e. The molecule has 0 aliphatic carbocycles. The number of carbonyl (C=O) groups is 2. The Bertz CT molecular complexity index is 1250. The van der Waals surface area contributed by atoms with E-state index in [0.717, 1.165) is 37.9 Å². The van der Waals surface area contributed by atoms with Crippen molar-refractivity contribution in [2.75, 3.05) is 47.4 Å². The molecule has 1 aromatic carbocycles. The number of nitrogens with zero attached hydrogens (tertiary/aromatic N) is 6. The van der Waals surface area contributed by atoms with E-state index in [1.54, 1.807) is 43.7 Å². The van der Waals surface area contributed by atoms with E-state index in [1.165, 1.54) is 11.0 Å². The van der Waals surface area contributed by atoms with Crippen molar-refractivity contribution in [3.8, 4) is 11.1 Å². The number of nitrogens with two attached hydrogens (primary N) is 1. The van der Waals surface area contributed by atoms with Gasteiger partial charge in [0, 0.05) is 55.9 Å². The Kier molecular flexibility index (Phi) is 6.36. The van der Waals surface area contributed by atoms with Crippen LogP contribution in [-0.2, 0) is 9.53 Å². The lowest BCUT2D eigenvalue weighted by Crippen LogP contribution is -2.47. The third kappa shape index (κ3) is 4.64. The van der Waals surface area contributed by atoms with Gasteiger partial charge in [0.25, 0.3) is 0 Å². The molecule has 11 heteroatoms. The van der Waals surface area contributed by atoms with Gasteiger partial charge < -0.3 is 20.3 Å². The highest BCUT2D eigenvalue weighted by Crippen LogP contribution is 2.30. The van der Waals surface area contributed by atoms with Crippen LogP contribution in [0.4, 0.5) is 26.6 Å². The van der Waals surface area contributed by atoms with Crippen LogP contribution in [0.15, 0.2) is 55.0 Å². The normalized spacial score (nSPS) is 18.8. The van der Waals surface area contributed by atoms with Crippen molar-refractivity contribution in [3.63, 3.8) is 0 Å². The van der Waals surface area contributed by atoms with E-state index >= 15 is 4.39 Å². The van der Waals surface area contributed by atoms with E-state index < -0.39 is 29.8 Å². The lowest BCUT2D eigenvalue weighted by Gasteiger charge is -2.35. The summed E-state index contributed by atoms with van der Waals surface area (Å²) in [5.41, 5.74) is 6.67. The van der Waals surface area contributed by atoms with Crippen molar-refractivity contribution in [2.24, 2.45) is 11.7 Å². The van der Waals surface area contributed by atoms with Crippen molar-refractivity contribution in [2.45, 2.75) is 13.0 Å². The predicted molar refractivity (Wildman–Crippen MR) is 132 cm³/mol. The Labute approximate surface area is 207 Å². The highest BCUT2D eigenvalue weighted by molar-refractivity contribution is 5.91. The first-order valence-corrected chi connectivity index (χ1v) is 11.7. The molecule has 2 aromatic heterocycles. The van der Waals surface area contributed by atoms with Crippen molar-refractivity contribution in [1.29, 1.82) is 0 Å². The van der Waals surface area contributed by atoms with Crippen LogP contribution in [0.2, 0.25) is 0 Å². The smallest absolute Gasteiger partial charge is 0.414 e. The molecular weight excluding hydrogens is 465 g/mol. The van der Waals surface area contributed by atoms with Gasteiger partial charge in [0.2, 0.25) is 11.9 Å². The maximum Gasteiger partial charge on any atom is 0.414 e. The first-order chi connectivity index (χ1) is 17.4. The standard InChI is InChI=1S/C25H26FN7O3/c1-16(23(27)34)21-15-33(25(35)36-21)18-4-5-19(20(26)13-18)17-3-6-22(30-14-17)31-9-11-32(12-10-31)24-28-7-2-8-29-24/h2-8,13-14,16,21H,9-12,15H2,1H3,(H2,27,34)/t16-,21?/m0/s1. The lowest BCUT2D eigenvalue weighted by molar-refractivity contribution is -0.123. The number of benzene rings is 1. The Hall–Kier alpha value is -4.28. The van der Waals surface area contributed by atoms with Gasteiger partial charge in [0.05, 0.1) is 18.2 Å². The first kappa shape index (κ1) is 23.5. The van der Waals surface area contributed by atoms with Gasteiger partial charge in [-0.15, -0.1) is 0 Å². The number of anilines is 3. The average molecular weight is 492 g/mol. The monoisotopic (exact) mass is 491 g/mol. The van der Waals surface area contributed by atoms with Crippen LogP contribution in [0, 0.1) is 11.7 Å². The molecule has 0 bridgehead atoms. The minimum absolute atomic E-state index is 0.127. The van der Waals surface area contributed by atoms with Gasteiger partial charge in [-0.1, -0.05) is 0 Å². The zero-order valence-corrected chi connectivity index (χ0v) is 19.7. The third-order valence-electron chi connectivity index (χ3n) is 6.60. The molecule has 1 unspecified atom stereocenters. The summed E-state index contributed by atoms with van der Waals surface area (Å²) in [7, 11) is 0. The summed E-state index contributed by atoms with van der Waals surface area (Å²) < 4.78 is 20.3. The summed E-state index contributed by atoms with van der Waals surface area (Å²) in [5.74, 6) is -0.141. The van der Waals surface area contributed by atoms with Crippen LogP contribution < -0.4 is 20.4 Å². The van der Waals surface area contributed by atoms with Gasteiger partial charge in [-0.25, -0.2) is 24.1 Å². The number of pyridine rings is 1. The maximum absolute atomic E-state index is 15.1. The van der Waals surface area contributed by atoms with Crippen LogP contribution in [0.25, 0.3) is 11.1 Å². The SMILES string of the molecule is C[C@H](C(N)=O)C1CN(c2ccc(-c3ccc(N4CCN(c5ncccn5)CC4)nc3)c(F)c2)C(=O)O1. The molecule has 0 spiro atoms. The van der Waals surface area contributed by atoms with Gasteiger partial charge in [-0.05, 0) is 43.3 Å². The van der Waals surface area contributed by atoms with Crippen LogP contribution >= 0.6 is 0 Å². The fraction of sp³-hybridized carbons (Fsp3) is 0.320. The summed E-state index contributed by atoms with van der Waals surface area (Å²) in [4.78, 5) is 42.5. The summed E-state index contributed by atoms with van der Waals surface area (Å²) >= 11 is 0. The predicted octanol–water partition coefficient (Wildman–Crippen LogP) is 2.45. The zero-order valence-electron chi connectivity index (χ0n) is 19.7. The van der Waals surface area contributed by atoms with Crippen molar-refractivity contribution >= 4 is 29.5 Å². The van der Waals surface area contributed by atoms with Crippen LogP contribution in [0.5, 0.6) is 0 Å². The molecule has 2 atom stereocenters. The topological polar surface area (TPSA) is 118 Å². The highest BCUT2D eigenvalue weighted by Gasteiger charge is 2.38. The lowest BCUT2D eigenvalue weighted by atomic mass is 10.0. The molecule has 2 saturated heterocycles. The Balaban J connectivity index is 1.25. The number of hydrogen-bond donors (Lipinski definition) is 1. The molecule has 2 aliphatic rings. The minimum atomic E-state index is -0.670. The summed E-state index contributed by atoms with van der Waals surface area (Å²) in [6, 6.07) is 10.1. The molecule has 2 fully saturated rings. The second kappa shape index (κ2) is 9.76. The largest absolute Gasteiger partial charge is 0.443 e. The molecular formula is C25H26FN7O3. The second-order valence-corrected chi connectivity index (χ2v) is 8.82. The summed E-state index contributed by atoms with van der Waals surface area (Å²) in [6.45, 7) is 4.83. The van der Waals surface area contributed by atoms with E-state index in [-0.39, 0.29) is 6.54 Å². The van der Waals surface area contributed by atoms with Gasteiger partial charge in [0.1, 0.15) is 17.7 Å². The number of primary amides is 1. The van der Waals surface area contributed by atoms with Crippen LogP contribution in [0.1, 0.15) is 6.92 Å². The molecule has 36 heavy (non-hydrogen) atoms. The van der Waals surface area contributed by atoms with Crippen molar-refractivity contribution < 1.29 is 18.7 Å². The third-order valence-corrected chi connectivity index (χ3v) is 6.60. The molecule has 5 rings (SSSR count). The van der Waals surface area contributed by atoms with Crippen molar-refractivity contribution in [3.05, 3.63) is 60.8 Å². The van der Waals surface area contributed by atoms with Crippen LogP contribution in [-0.4, -0.2) is 65.8 Å². The second-order valence-electron chi connectivity index (χ2n) is 8.82. The quantitative estimate of drug-likeness (QED) is 0.559. The van der Waals surface area contributed by atoms with E-state index in [9.17, 15) is 9.59 Å². The molecule has 4 heterocycles. The molecule has 186 valence electrons. The van der Waals surface area contributed by atoms with E-state index in [0.29, 0.717) is 16.8 Å². The van der Waals surface area contributed by atoms with Gasteiger partial charge in [-0.3, -0.25) is 9.69 Å². The Morgan fingerprint density at radius 1 is 1.08 bits per heavy atom. The summed E-state index contributed by atoms with van der Waals surface area (Å²) in [5, 5.41) is 0. The number of carbonyl (C=O) groups excluding carboxylic acids is 2. The Morgan fingerprint density at radius 2 is 1.81 bits per heavy atom. The fourth-order valence-electron chi connectivity index (χ4n) is 4.37. The molecule has 2 N–H and O–H groups in total. The average Bonchev–Trinajstić information content (AvgIpc) is 3.30. The molecule has 0 radical (unpaired) electrons. The highest BCUT2D eigenvalue weighted by atomic mass is 19.1. The number of piperazine rings is 1. The molecule has 2 aliphatic heterocycles. The number of ether oxygens (including phenoxy) is 1. The molecule has 10 nitrogen and oxygen atoms in total. The van der Waals surface area contributed by atoms with E-state index in [1.807, 2.05) is 12.1 Å². The van der Waals surface area contributed by atoms with Gasteiger partial charge in [0.15, 0.2) is 0 Å². The van der Waals surface area contributed by atoms with Gasteiger partial charge in [-0.2, -0.15) is 0 Å². The number of hydrogen-bond acceptors (Lipinski definition) is 8. The van der Waals surface area contributed by atoms with Crippen molar-refractivity contribution in [1.82, 2.24) is 15.0 Å². The molecule has 0 saturated carbocycles. The Morgan fingerprint density at radius 3 is 2.44 bits per heavy atom. The van der Waals surface area contributed by atoms with E-state index in [2.05, 4.69) is 24.8 Å². The van der Waals surface area contributed by atoms with E-state index in [4.69, 9.17) is 10.5 Å². The molecule has 3 aromatic rings. The number of rotatable bonds is 6. The number of aromatic nitrogens is 3. The van der Waals surface area contributed by atoms with Gasteiger partial charge >= 0.3 is 6.09 Å². The summed E-state index contributed by atoms with van der Waals surface area (Å²) in [6.07, 6.45) is 3.81. The zero-order chi connectivity index (χ0) is 25.2. The maximum atomic E-state index is 15.1. The van der Waals surface area contributed by atoms with Crippen LogP contribution in [0.3, 0.4) is 0 Å². The fourth-order valence-corrected chi connectivity index (χ4v) is 4.37. The number of cyclic esters (lactones) is 1. The number of halogens is 1. The first-order valence-electron chi connectivity index (χ1n) is 11.7. The number of amides is 2. The molecule has 2 amide bonds.